The summed E-state index contributed by atoms with van der Waals surface area (Å²) in [6.45, 7) is -0.953. The minimum atomic E-state index is -1.99. The third-order valence-electron chi connectivity index (χ3n) is 21.8. The van der Waals surface area contributed by atoms with E-state index in [0.717, 1.165) is 18.2 Å². The van der Waals surface area contributed by atoms with Crippen LogP contribution in [0.15, 0.2) is 176 Å². The van der Waals surface area contributed by atoms with Crippen molar-refractivity contribution in [1.29, 1.82) is 0 Å². The topological polar surface area (TPSA) is 588 Å². The highest BCUT2D eigenvalue weighted by Gasteiger charge is 2.54. The maximum atomic E-state index is 15.3. The number of primary amides is 2. The van der Waals surface area contributed by atoms with Crippen LogP contribution in [0.5, 0.6) is 23.0 Å². The number of esters is 1. The number of nitrogens with two attached hydrogens (primary N) is 2. The Morgan fingerprint density at radius 2 is 1.10 bits per heavy atom. The predicted molar refractivity (Wildman–Crippen MR) is 458 cm³/mol. The fourth-order valence-corrected chi connectivity index (χ4v) is 15.6. The van der Waals surface area contributed by atoms with Gasteiger partial charge < -0.3 is 115 Å². The number of amides is 13. The van der Waals surface area contributed by atoms with Crippen LogP contribution in [0.2, 0.25) is 0 Å². The second kappa shape index (κ2) is 40.2. The lowest BCUT2D eigenvalue weighted by atomic mass is 9.77. The van der Waals surface area contributed by atoms with Crippen LogP contribution in [0, 0.1) is 0 Å². The van der Waals surface area contributed by atoms with Crippen LogP contribution in [-0.4, -0.2) is 198 Å². The number of H-pyrrole nitrogens is 2. The van der Waals surface area contributed by atoms with Gasteiger partial charge in [-0.2, -0.15) is 0 Å². The molecule has 658 valence electrons. The number of hydrogen-bond donors (Lipinski definition) is 20. The molecule has 6 heterocycles. The quantitative estimate of drug-likeness (QED) is 0.0275. The Kier molecular flexibility index (Phi) is 28.2. The number of carbonyl (C=O) groups is 15. The maximum absolute atomic E-state index is 15.3. The number of rotatable bonds is 21. The summed E-state index contributed by atoms with van der Waals surface area (Å²) in [6.07, 6.45) is 0.557. The highest BCUT2D eigenvalue weighted by molar-refractivity contribution is 7.80. The first kappa shape index (κ1) is 89.2. The molecule has 22 N–H and O–H groups in total. The summed E-state index contributed by atoms with van der Waals surface area (Å²) in [5.41, 5.74) is 12.9. The fourth-order valence-electron chi connectivity index (χ4n) is 15.4. The fraction of sp³-hybridized carbons (Fsp3) is 0.284. The number of carboxylic acids is 1. The lowest BCUT2D eigenvalue weighted by Gasteiger charge is -2.36. The van der Waals surface area contributed by atoms with Gasteiger partial charge in [0.2, 0.25) is 59.1 Å². The molecule has 39 heteroatoms. The van der Waals surface area contributed by atoms with Crippen molar-refractivity contribution in [3.63, 3.8) is 0 Å². The second-order valence-electron chi connectivity index (χ2n) is 30.8. The number of phenols is 2. The Morgan fingerprint density at radius 1 is 0.551 bits per heavy atom. The Bertz CT molecular complexity index is 5720. The molecular weight excluding hydrogens is 1660 g/mol. The molecule has 4 aliphatic rings. The number of thiocarbonyl (C=S) groups is 1. The molecule has 0 saturated heterocycles. The zero-order valence-corrected chi connectivity index (χ0v) is 68.7. The summed E-state index contributed by atoms with van der Waals surface area (Å²) in [5, 5.41) is 66.2. The van der Waals surface area contributed by atoms with Crippen LogP contribution in [-0.2, 0) is 88.8 Å². The Hall–Kier alpha value is -15.6. The SMILES string of the molecule is NC(=O)C[C@H]1NC(=O)C(Cc2ccccc2)NC(=O)C2CCCCNC(=O)c3cc(cc(c3)C(=O)N[C@@H](Cc3c[nH]c4ccccc34)C(=O)NC(Cc3ccccc3)C(=O)N[C@@H](CC(=O)O)C(=O)N2)C(=O)NCC(C(=O)NC(CCCCNC(=S)Nc2ccc3c(c2)C(=O)OC32c3ccc(O)cc3Oc3cc(O)ccc32)C(N)=O)NC(=O)[C@H](Cc2c[nH]cn2)NC1=O. The third-order valence-corrected chi connectivity index (χ3v) is 22.0. The van der Waals surface area contributed by atoms with Crippen molar-refractivity contribution in [3.05, 3.63) is 238 Å². The van der Waals surface area contributed by atoms with Gasteiger partial charge in [-0.15, -0.1) is 0 Å². The third kappa shape index (κ3) is 22.1. The van der Waals surface area contributed by atoms with Gasteiger partial charge >= 0.3 is 11.9 Å². The van der Waals surface area contributed by atoms with Gasteiger partial charge in [0.1, 0.15) is 77.4 Å². The molecular formula is C88H90N18O20S. The molecule has 13 amide bonds. The standard InChI is InChI=1S/C88H90N18O20S/c89-72(109)39-67-83(121)103-66(36-52-42-91-44-96-52)82(120)106-69(85(123)98-61(74(90)112)19-9-12-28-93-87(127)97-51-21-24-57-56(35-51)86(124)126-88(57)58-25-22-53(107)37-70(58)125-71-38-54(108)23-26-59(71)88)43-95-76(114)48-31-47-32-49(33-48)77(115)100-65(34-50-41-94-60-18-8-7-17-55(50)60)81(119)102-64(30-46-15-5-2-6-16-46)80(118)105-68(40-73(110)111)84(122)99-62(20-10-11-27-92-75(47)113)78(116)101-63(79(117)104-67)29-45-13-3-1-4-14-45/h1-8,13-18,21-26,31-33,35,37-38,41-42,44,61-69,94,107-108H,9-12,19-20,27-30,34,36,39-40,43H2,(H2,89,109)(H2,90,112)(H,91,96)(H,92,113)(H,95,114)(H,98,123)(H,99,122)(H,100,115)(H,101,116)(H,102,119)(H,103,121)(H,104,117)(H,105,118)(H,106,120)(H,110,111)(H2,93,97,127)/t61?,62?,63?,64?,65-,66-,67+,68-,69?/m0/s1. The van der Waals surface area contributed by atoms with E-state index in [1.807, 2.05) is 0 Å². The van der Waals surface area contributed by atoms with E-state index in [2.05, 4.69) is 84.1 Å². The molecule has 0 saturated carbocycles. The monoisotopic (exact) mass is 1750 g/mol. The smallest absolute Gasteiger partial charge is 0.340 e. The van der Waals surface area contributed by atoms with Gasteiger partial charge in [0, 0.05) is 120 Å². The van der Waals surface area contributed by atoms with Crippen LogP contribution >= 0.6 is 12.2 Å². The van der Waals surface area contributed by atoms with Gasteiger partial charge in [-0.25, -0.2) is 9.78 Å². The molecule has 0 aliphatic carbocycles. The van der Waals surface area contributed by atoms with E-state index in [-0.39, 0.29) is 116 Å². The van der Waals surface area contributed by atoms with Crippen molar-refractivity contribution in [3.8, 4) is 23.0 Å². The number of nitrogens with zero attached hydrogens (tertiary/aromatic N) is 1. The number of nitrogens with one attached hydrogen (secondary N) is 15. The van der Waals surface area contributed by atoms with Crippen LogP contribution in [0.4, 0.5) is 5.69 Å². The lowest BCUT2D eigenvalue weighted by Crippen LogP contribution is -2.62. The van der Waals surface area contributed by atoms with E-state index < -0.39 is 186 Å². The molecule has 38 nitrogen and oxygen atoms in total. The molecule has 5 unspecified atom stereocenters. The van der Waals surface area contributed by atoms with Gasteiger partial charge in [0.25, 0.3) is 17.7 Å². The molecule has 2 aromatic heterocycles. The van der Waals surface area contributed by atoms with E-state index >= 15 is 33.6 Å². The minimum Gasteiger partial charge on any atom is -0.508 e. The maximum Gasteiger partial charge on any atom is 0.340 e. The first-order valence-electron chi connectivity index (χ1n) is 40.7. The number of unbranched alkanes of at least 4 members (excludes halogenated alkanes) is 1. The number of carboxylic acid groups (broad SMARTS) is 1. The largest absolute Gasteiger partial charge is 0.508 e. The van der Waals surface area contributed by atoms with Gasteiger partial charge in [0.15, 0.2) is 10.7 Å². The van der Waals surface area contributed by atoms with E-state index in [1.54, 1.807) is 121 Å². The minimum absolute atomic E-state index is 0.00340. The first-order chi connectivity index (χ1) is 61.0. The molecule has 4 bridgehead atoms. The van der Waals surface area contributed by atoms with Crippen molar-refractivity contribution < 1.29 is 96.7 Å². The number of aromatic nitrogens is 3. The average Bonchev–Trinajstić information content (AvgIpc) is 1.57. The molecule has 4 aliphatic heterocycles. The van der Waals surface area contributed by atoms with Gasteiger partial charge in [-0.1, -0.05) is 84.9 Å². The molecule has 0 radical (unpaired) electrons. The van der Waals surface area contributed by atoms with Crippen molar-refractivity contribution in [1.82, 2.24) is 78.8 Å². The lowest BCUT2D eigenvalue weighted by molar-refractivity contribution is -0.141. The number of aromatic amines is 2. The van der Waals surface area contributed by atoms with Crippen molar-refractivity contribution >= 4 is 123 Å². The number of aromatic hydroxyl groups is 2. The molecule has 9 aromatic rings. The Labute approximate surface area is 728 Å². The van der Waals surface area contributed by atoms with Crippen LogP contribution < -0.4 is 85.3 Å². The number of phenolic OH excluding ortho intramolecular Hbond substituents is 2. The van der Waals surface area contributed by atoms with Crippen molar-refractivity contribution in [2.75, 3.05) is 25.0 Å². The highest BCUT2D eigenvalue weighted by Crippen LogP contribution is 2.57. The summed E-state index contributed by atoms with van der Waals surface area (Å²) in [6, 6.07) is 24.2. The van der Waals surface area contributed by atoms with E-state index in [9.17, 15) is 53.7 Å². The molecule has 0 fully saturated rings. The number of para-hydroxylation sites is 1. The summed E-state index contributed by atoms with van der Waals surface area (Å²) in [7, 11) is 0. The van der Waals surface area contributed by atoms with Crippen molar-refractivity contribution in [2.45, 2.75) is 137 Å². The normalized spacial score (nSPS) is 20.3. The molecule has 7 aromatic carbocycles. The zero-order chi connectivity index (χ0) is 90.2. The molecule has 127 heavy (non-hydrogen) atoms. The summed E-state index contributed by atoms with van der Waals surface area (Å²) >= 11 is 5.65. The number of benzene rings is 7. The van der Waals surface area contributed by atoms with E-state index in [4.69, 9.17) is 33.2 Å². The Balaban J connectivity index is 0.811. The number of ether oxygens (including phenoxy) is 2. The number of aliphatic carboxylic acids is 1. The van der Waals surface area contributed by atoms with Gasteiger partial charge in [0.05, 0.1) is 30.4 Å². The number of anilines is 1. The molecule has 9 atom stereocenters. The number of fused-ring (bicyclic) bond motifs is 15. The van der Waals surface area contributed by atoms with E-state index in [0.29, 0.717) is 50.0 Å². The van der Waals surface area contributed by atoms with Gasteiger partial charge in [-0.05, 0) is 128 Å². The summed E-state index contributed by atoms with van der Waals surface area (Å²) in [5.74, 6) is -16.6. The van der Waals surface area contributed by atoms with Gasteiger partial charge in [-0.3, -0.25) is 67.1 Å². The van der Waals surface area contributed by atoms with E-state index in [1.165, 1.54) is 36.8 Å². The molecule has 1 spiro atoms. The highest BCUT2D eigenvalue weighted by atomic mass is 32.1. The number of hydrogen-bond acceptors (Lipinski definition) is 21. The van der Waals surface area contributed by atoms with Crippen molar-refractivity contribution in [2.24, 2.45) is 11.5 Å². The first-order valence-corrected chi connectivity index (χ1v) is 41.1. The average molecular weight is 1750 g/mol. The van der Waals surface area contributed by atoms with Crippen LogP contribution in [0.3, 0.4) is 0 Å². The number of carbonyl (C=O) groups excluding carboxylic acids is 14. The van der Waals surface area contributed by atoms with Crippen LogP contribution in [0.25, 0.3) is 10.9 Å². The second-order valence-corrected chi connectivity index (χ2v) is 31.2. The predicted octanol–water partition coefficient (Wildman–Crippen LogP) is 1.47. The summed E-state index contributed by atoms with van der Waals surface area (Å²) < 4.78 is 12.3. The van der Waals surface area contributed by atoms with Crippen LogP contribution in [0.1, 0.15) is 132 Å². The zero-order valence-electron chi connectivity index (χ0n) is 67.8. The number of imidazole rings is 1. The summed E-state index contributed by atoms with van der Waals surface area (Å²) in [4.78, 5) is 228. The molecule has 13 rings (SSSR count). The Morgan fingerprint density at radius 3 is 1.72 bits per heavy atom.